The Bertz CT molecular complexity index is 412. The fourth-order valence-corrected chi connectivity index (χ4v) is 3.21. The molecule has 130 valence electrons. The Balaban J connectivity index is 1.49. The summed E-state index contributed by atoms with van der Waals surface area (Å²) < 4.78 is 19.4. The summed E-state index contributed by atoms with van der Waals surface area (Å²) in [4.78, 5) is 0. The summed E-state index contributed by atoms with van der Waals surface area (Å²) in [7, 11) is 0. The van der Waals surface area contributed by atoms with Crippen LogP contribution in [0.3, 0.4) is 0 Å². The summed E-state index contributed by atoms with van der Waals surface area (Å²) in [6.45, 7) is 5.11. The molecule has 2 rings (SSSR count). The number of rotatable bonds is 9. The van der Waals surface area contributed by atoms with Gasteiger partial charge in [0.2, 0.25) is 0 Å². The molecule has 3 heteroatoms. The van der Waals surface area contributed by atoms with Crippen molar-refractivity contribution in [2.75, 3.05) is 19.7 Å². The van der Waals surface area contributed by atoms with E-state index in [4.69, 9.17) is 4.74 Å². The monoisotopic (exact) mass is 321 g/mol. The van der Waals surface area contributed by atoms with Crippen LogP contribution in [0.1, 0.15) is 56.1 Å². The molecule has 0 aliphatic carbocycles. The maximum atomic E-state index is 13.9. The first kappa shape index (κ1) is 18.4. The van der Waals surface area contributed by atoms with Crippen molar-refractivity contribution in [3.8, 4) is 0 Å². The third-order valence-corrected chi connectivity index (χ3v) is 4.72. The predicted molar refractivity (Wildman–Crippen MR) is 94.4 cm³/mol. The number of benzene rings is 1. The SMILES string of the molecule is Cc1ccc(COC[C@@H](F)CCCCC2CCCCNC2)cc1. The van der Waals surface area contributed by atoms with Crippen LogP contribution >= 0.6 is 0 Å². The van der Waals surface area contributed by atoms with Gasteiger partial charge >= 0.3 is 0 Å². The van der Waals surface area contributed by atoms with Gasteiger partial charge in [-0.05, 0) is 57.2 Å². The molecule has 1 saturated heterocycles. The van der Waals surface area contributed by atoms with E-state index >= 15 is 0 Å². The number of halogens is 1. The maximum Gasteiger partial charge on any atom is 0.123 e. The van der Waals surface area contributed by atoms with Crippen molar-refractivity contribution in [3.63, 3.8) is 0 Å². The van der Waals surface area contributed by atoms with E-state index in [-0.39, 0.29) is 6.61 Å². The number of hydrogen-bond acceptors (Lipinski definition) is 2. The van der Waals surface area contributed by atoms with Gasteiger partial charge in [0.1, 0.15) is 6.17 Å². The van der Waals surface area contributed by atoms with Gasteiger partial charge in [0.25, 0.3) is 0 Å². The lowest BCUT2D eigenvalue weighted by atomic mass is 9.96. The molecule has 0 amide bonds. The standard InChI is InChI=1S/C20H32FNO/c1-17-9-11-19(12-10-17)15-23-16-20(21)8-3-2-6-18-7-4-5-13-22-14-18/h9-12,18,20,22H,2-8,13-16H2,1H3/t18?,20-/m0/s1. The lowest BCUT2D eigenvalue weighted by Crippen LogP contribution is -2.20. The van der Waals surface area contributed by atoms with E-state index < -0.39 is 6.17 Å². The van der Waals surface area contributed by atoms with Crippen LogP contribution in [0.2, 0.25) is 0 Å². The topological polar surface area (TPSA) is 21.3 Å². The van der Waals surface area contributed by atoms with Gasteiger partial charge in [0.15, 0.2) is 0 Å². The molecule has 1 heterocycles. The molecule has 2 atom stereocenters. The van der Waals surface area contributed by atoms with E-state index in [0.29, 0.717) is 13.0 Å². The van der Waals surface area contributed by atoms with Crippen molar-refractivity contribution in [2.45, 2.75) is 64.6 Å². The lowest BCUT2D eigenvalue weighted by molar-refractivity contribution is 0.0653. The molecule has 0 spiro atoms. The zero-order chi connectivity index (χ0) is 16.3. The Morgan fingerprint density at radius 1 is 1.22 bits per heavy atom. The van der Waals surface area contributed by atoms with Gasteiger partial charge in [0.05, 0.1) is 13.2 Å². The Morgan fingerprint density at radius 2 is 2.04 bits per heavy atom. The van der Waals surface area contributed by atoms with Crippen molar-refractivity contribution in [3.05, 3.63) is 35.4 Å². The van der Waals surface area contributed by atoms with E-state index in [2.05, 4.69) is 24.4 Å². The van der Waals surface area contributed by atoms with Crippen LogP contribution in [-0.2, 0) is 11.3 Å². The minimum Gasteiger partial charge on any atom is -0.374 e. The van der Waals surface area contributed by atoms with Gasteiger partial charge in [-0.2, -0.15) is 0 Å². The number of nitrogens with one attached hydrogen (secondary N) is 1. The molecule has 2 nitrogen and oxygen atoms in total. The highest BCUT2D eigenvalue weighted by molar-refractivity contribution is 5.20. The largest absolute Gasteiger partial charge is 0.374 e. The Kier molecular flexibility index (Phi) is 8.62. The lowest BCUT2D eigenvalue weighted by Gasteiger charge is -2.14. The average molecular weight is 321 g/mol. The van der Waals surface area contributed by atoms with Crippen LogP contribution in [0.15, 0.2) is 24.3 Å². The van der Waals surface area contributed by atoms with Crippen LogP contribution in [0, 0.1) is 12.8 Å². The fraction of sp³-hybridized carbons (Fsp3) is 0.700. The van der Waals surface area contributed by atoms with Crippen LogP contribution in [0.4, 0.5) is 4.39 Å². The highest BCUT2D eigenvalue weighted by Gasteiger charge is 2.12. The minimum atomic E-state index is -0.826. The third kappa shape index (κ3) is 7.94. The molecule has 0 saturated carbocycles. The van der Waals surface area contributed by atoms with E-state index in [1.807, 2.05) is 12.1 Å². The van der Waals surface area contributed by atoms with Crippen LogP contribution in [0.25, 0.3) is 0 Å². The zero-order valence-electron chi connectivity index (χ0n) is 14.5. The normalized spacial score (nSPS) is 20.2. The average Bonchev–Trinajstić information content (AvgIpc) is 2.82. The summed E-state index contributed by atoms with van der Waals surface area (Å²) in [6.07, 6.45) is 7.16. The first-order valence-electron chi connectivity index (χ1n) is 9.22. The van der Waals surface area contributed by atoms with Gasteiger partial charge in [0, 0.05) is 0 Å². The molecule has 1 aliphatic rings. The number of aryl methyl sites for hydroxylation is 1. The highest BCUT2D eigenvalue weighted by atomic mass is 19.1. The summed E-state index contributed by atoms with van der Waals surface area (Å²) in [5, 5.41) is 3.50. The summed E-state index contributed by atoms with van der Waals surface area (Å²) in [6, 6.07) is 8.22. The van der Waals surface area contributed by atoms with Crippen LogP contribution < -0.4 is 5.32 Å². The molecule has 1 unspecified atom stereocenters. The molecule has 1 N–H and O–H groups in total. The maximum absolute atomic E-state index is 13.9. The molecule has 1 fully saturated rings. The second-order valence-electron chi connectivity index (χ2n) is 6.95. The molecule has 1 aromatic carbocycles. The molecule has 23 heavy (non-hydrogen) atoms. The van der Waals surface area contributed by atoms with Gasteiger partial charge in [-0.25, -0.2) is 4.39 Å². The first-order chi connectivity index (χ1) is 11.2. The second-order valence-corrected chi connectivity index (χ2v) is 6.95. The summed E-state index contributed by atoms with van der Waals surface area (Å²) >= 11 is 0. The van der Waals surface area contributed by atoms with E-state index in [1.54, 1.807) is 0 Å². The summed E-state index contributed by atoms with van der Waals surface area (Å²) in [5.74, 6) is 0.799. The Labute approximate surface area is 140 Å². The van der Waals surface area contributed by atoms with Gasteiger partial charge in [-0.3, -0.25) is 0 Å². The van der Waals surface area contributed by atoms with Crippen molar-refractivity contribution in [1.29, 1.82) is 0 Å². The Morgan fingerprint density at radius 3 is 2.87 bits per heavy atom. The molecule has 0 bridgehead atoms. The molecular weight excluding hydrogens is 289 g/mol. The number of unbranched alkanes of at least 4 members (excludes halogenated alkanes) is 1. The van der Waals surface area contributed by atoms with E-state index in [1.165, 1.54) is 37.8 Å². The van der Waals surface area contributed by atoms with Crippen molar-refractivity contribution >= 4 is 0 Å². The van der Waals surface area contributed by atoms with Gasteiger partial charge in [-0.15, -0.1) is 0 Å². The van der Waals surface area contributed by atoms with Crippen molar-refractivity contribution in [2.24, 2.45) is 5.92 Å². The number of ether oxygens (including phenoxy) is 1. The molecule has 0 aromatic heterocycles. The quantitative estimate of drug-likeness (QED) is 0.660. The summed E-state index contributed by atoms with van der Waals surface area (Å²) in [5.41, 5.74) is 2.35. The zero-order valence-corrected chi connectivity index (χ0v) is 14.5. The van der Waals surface area contributed by atoms with Crippen LogP contribution in [0.5, 0.6) is 0 Å². The highest BCUT2D eigenvalue weighted by Crippen LogP contribution is 2.19. The van der Waals surface area contributed by atoms with E-state index in [0.717, 1.165) is 30.9 Å². The molecular formula is C20H32FNO. The number of hydrogen-bond donors (Lipinski definition) is 1. The third-order valence-electron chi connectivity index (χ3n) is 4.72. The molecule has 1 aliphatic heterocycles. The van der Waals surface area contributed by atoms with E-state index in [9.17, 15) is 4.39 Å². The minimum absolute atomic E-state index is 0.221. The molecule has 0 radical (unpaired) electrons. The Hall–Kier alpha value is -0.930. The number of alkyl halides is 1. The fourth-order valence-electron chi connectivity index (χ4n) is 3.21. The molecule has 1 aromatic rings. The van der Waals surface area contributed by atoms with Gasteiger partial charge < -0.3 is 10.1 Å². The predicted octanol–water partition coefficient (Wildman–Crippen LogP) is 4.80. The van der Waals surface area contributed by atoms with Crippen molar-refractivity contribution < 1.29 is 9.13 Å². The van der Waals surface area contributed by atoms with Crippen LogP contribution in [-0.4, -0.2) is 25.9 Å². The van der Waals surface area contributed by atoms with Crippen molar-refractivity contribution in [1.82, 2.24) is 5.32 Å². The smallest absolute Gasteiger partial charge is 0.123 e. The first-order valence-corrected chi connectivity index (χ1v) is 9.22. The second kappa shape index (κ2) is 10.8. The van der Waals surface area contributed by atoms with Gasteiger partial charge in [-0.1, -0.05) is 49.1 Å².